The zero-order chi connectivity index (χ0) is 16.2. The van der Waals surface area contributed by atoms with E-state index in [1.54, 1.807) is 6.20 Å². The lowest BCUT2D eigenvalue weighted by molar-refractivity contribution is 0.0429. The molecule has 0 saturated carbocycles. The van der Waals surface area contributed by atoms with Gasteiger partial charge in [-0.3, -0.25) is 4.79 Å². The van der Waals surface area contributed by atoms with Gasteiger partial charge in [-0.05, 0) is 6.07 Å². The van der Waals surface area contributed by atoms with Crippen LogP contribution in [0.15, 0.2) is 57.9 Å². The van der Waals surface area contributed by atoms with E-state index in [2.05, 4.69) is 10.1 Å². The highest BCUT2D eigenvalue weighted by atomic mass is 16.5. The summed E-state index contributed by atoms with van der Waals surface area (Å²) >= 11 is 0. The molecule has 23 heavy (non-hydrogen) atoms. The zero-order valence-electron chi connectivity index (χ0n) is 12.3. The van der Waals surface area contributed by atoms with Gasteiger partial charge in [-0.2, -0.15) is 5.10 Å². The van der Waals surface area contributed by atoms with Gasteiger partial charge in [-0.15, -0.1) is 0 Å². The lowest BCUT2D eigenvalue weighted by Crippen LogP contribution is -2.21. The van der Waals surface area contributed by atoms with Crippen LogP contribution in [-0.2, 0) is 18.4 Å². The summed E-state index contributed by atoms with van der Waals surface area (Å²) < 4.78 is 11.7. The van der Waals surface area contributed by atoms with Crippen LogP contribution >= 0.6 is 0 Å². The van der Waals surface area contributed by atoms with Crippen LogP contribution in [0.5, 0.6) is 0 Å². The molecule has 0 fully saturated rings. The van der Waals surface area contributed by atoms with Crippen LogP contribution in [0.4, 0.5) is 0 Å². The second kappa shape index (κ2) is 6.27. The van der Waals surface area contributed by atoms with Crippen LogP contribution < -0.4 is 5.56 Å². The van der Waals surface area contributed by atoms with Crippen LogP contribution in [0.25, 0.3) is 11.3 Å². The first-order valence-electron chi connectivity index (χ1n) is 6.85. The maximum absolute atomic E-state index is 11.9. The molecular formula is C16H13N3O4. The minimum absolute atomic E-state index is 0.0435. The van der Waals surface area contributed by atoms with Crippen molar-refractivity contribution < 1.29 is 13.9 Å². The molecular weight excluding hydrogens is 298 g/mol. The van der Waals surface area contributed by atoms with Gasteiger partial charge in [0.1, 0.15) is 0 Å². The van der Waals surface area contributed by atoms with Crippen molar-refractivity contribution >= 4 is 5.97 Å². The molecule has 2 heterocycles. The molecule has 0 atom stereocenters. The van der Waals surface area contributed by atoms with Crippen molar-refractivity contribution in [3.05, 3.63) is 70.6 Å². The van der Waals surface area contributed by atoms with Gasteiger partial charge in [-0.1, -0.05) is 30.3 Å². The van der Waals surface area contributed by atoms with Crippen molar-refractivity contribution in [1.82, 2.24) is 14.8 Å². The molecule has 0 amide bonds. The minimum atomic E-state index is -0.653. The Labute approximate surface area is 131 Å². The number of hydrogen-bond donors (Lipinski definition) is 0. The number of aryl methyl sites for hydroxylation is 1. The number of rotatable bonds is 4. The Kier molecular flexibility index (Phi) is 4.01. The van der Waals surface area contributed by atoms with Crippen LogP contribution in [-0.4, -0.2) is 20.7 Å². The summed E-state index contributed by atoms with van der Waals surface area (Å²) in [6.07, 6.45) is 1.57. The molecule has 3 rings (SSSR count). The van der Waals surface area contributed by atoms with Crippen LogP contribution in [0.2, 0.25) is 0 Å². The molecule has 0 radical (unpaired) electrons. The molecule has 116 valence electrons. The first-order valence-corrected chi connectivity index (χ1v) is 6.85. The third kappa shape index (κ3) is 3.34. The number of benzene rings is 1. The molecule has 0 aliphatic heterocycles. The van der Waals surface area contributed by atoms with Gasteiger partial charge < -0.3 is 9.15 Å². The quantitative estimate of drug-likeness (QED) is 0.683. The number of nitrogens with zero attached hydrogens (tertiary/aromatic N) is 3. The largest absolute Gasteiger partial charge is 0.451 e. The van der Waals surface area contributed by atoms with Gasteiger partial charge in [0.2, 0.25) is 5.89 Å². The summed E-state index contributed by atoms with van der Waals surface area (Å²) in [5.41, 5.74) is 0.626. The molecule has 0 unspecified atom stereocenters. The van der Waals surface area contributed by atoms with Crippen LogP contribution in [0.1, 0.15) is 16.4 Å². The Morgan fingerprint density at radius 1 is 1.22 bits per heavy atom. The maximum Gasteiger partial charge on any atom is 0.359 e. The van der Waals surface area contributed by atoms with E-state index in [1.165, 1.54) is 19.2 Å². The summed E-state index contributed by atoms with van der Waals surface area (Å²) in [5.74, 6) is 0.221. The lowest BCUT2D eigenvalue weighted by atomic mass is 10.2. The zero-order valence-corrected chi connectivity index (χ0v) is 12.3. The molecule has 0 N–H and O–H groups in total. The van der Waals surface area contributed by atoms with Crippen LogP contribution in [0.3, 0.4) is 0 Å². The molecule has 0 aliphatic rings. The predicted molar refractivity (Wildman–Crippen MR) is 80.5 cm³/mol. The Morgan fingerprint density at radius 3 is 2.74 bits per heavy atom. The summed E-state index contributed by atoms with van der Waals surface area (Å²) in [4.78, 5) is 27.2. The molecule has 1 aromatic carbocycles. The van der Waals surface area contributed by atoms with Crippen LogP contribution in [0, 0.1) is 0 Å². The molecule has 0 spiro atoms. The number of ether oxygens (including phenoxy) is 1. The fraction of sp³-hybridized carbons (Fsp3) is 0.125. The molecule has 0 saturated heterocycles. The van der Waals surface area contributed by atoms with E-state index >= 15 is 0 Å². The average Bonchev–Trinajstić information content (AvgIpc) is 3.05. The fourth-order valence-electron chi connectivity index (χ4n) is 1.93. The summed E-state index contributed by atoms with van der Waals surface area (Å²) in [5, 5.41) is 3.82. The Morgan fingerprint density at radius 2 is 2.00 bits per heavy atom. The van der Waals surface area contributed by atoms with Crippen molar-refractivity contribution in [2.75, 3.05) is 0 Å². The highest BCUT2D eigenvalue weighted by molar-refractivity contribution is 5.86. The lowest BCUT2D eigenvalue weighted by Gasteiger charge is -2.02. The third-order valence-electron chi connectivity index (χ3n) is 3.11. The monoisotopic (exact) mass is 311 g/mol. The highest BCUT2D eigenvalue weighted by Gasteiger charge is 2.13. The first-order chi connectivity index (χ1) is 11.1. The van der Waals surface area contributed by atoms with E-state index in [0.29, 0.717) is 5.76 Å². The van der Waals surface area contributed by atoms with Gasteiger partial charge in [0.15, 0.2) is 18.1 Å². The Bertz CT molecular complexity index is 884. The van der Waals surface area contributed by atoms with E-state index in [1.807, 2.05) is 30.3 Å². The summed E-state index contributed by atoms with van der Waals surface area (Å²) in [6.45, 7) is -0.115. The average molecular weight is 311 g/mol. The molecule has 0 bridgehead atoms. The summed E-state index contributed by atoms with van der Waals surface area (Å²) in [7, 11) is 1.46. The molecule has 7 nitrogen and oxygen atoms in total. The van der Waals surface area contributed by atoms with E-state index in [0.717, 1.165) is 10.2 Å². The SMILES string of the molecule is Cn1nc(C(=O)OCc2ncc(-c3ccccc3)o2)ccc1=O. The van der Waals surface area contributed by atoms with Crippen molar-refractivity contribution in [1.29, 1.82) is 0 Å². The number of aromatic nitrogens is 3. The smallest absolute Gasteiger partial charge is 0.359 e. The number of oxazole rings is 1. The van der Waals surface area contributed by atoms with E-state index in [4.69, 9.17) is 9.15 Å². The third-order valence-corrected chi connectivity index (χ3v) is 3.11. The van der Waals surface area contributed by atoms with E-state index < -0.39 is 5.97 Å². The number of carbonyl (C=O) groups is 1. The predicted octanol–water partition coefficient (Wildman–Crippen LogP) is 1.79. The molecule has 3 aromatic rings. The summed E-state index contributed by atoms with van der Waals surface area (Å²) in [6, 6.07) is 12.0. The molecule has 2 aromatic heterocycles. The van der Waals surface area contributed by atoms with E-state index in [-0.39, 0.29) is 23.8 Å². The van der Waals surface area contributed by atoms with Crippen molar-refractivity contribution in [3.63, 3.8) is 0 Å². The van der Waals surface area contributed by atoms with Gasteiger partial charge in [-0.25, -0.2) is 14.5 Å². The minimum Gasteiger partial charge on any atom is -0.451 e. The van der Waals surface area contributed by atoms with Gasteiger partial charge in [0.25, 0.3) is 5.56 Å². The first kappa shape index (κ1) is 14.7. The van der Waals surface area contributed by atoms with Gasteiger partial charge in [0, 0.05) is 18.7 Å². The van der Waals surface area contributed by atoms with Crippen molar-refractivity contribution in [2.45, 2.75) is 6.61 Å². The topological polar surface area (TPSA) is 87.2 Å². The second-order valence-corrected chi connectivity index (χ2v) is 4.74. The normalized spacial score (nSPS) is 10.5. The second-order valence-electron chi connectivity index (χ2n) is 4.74. The highest BCUT2D eigenvalue weighted by Crippen LogP contribution is 2.20. The molecule has 0 aliphatic carbocycles. The Hall–Kier alpha value is -3.22. The van der Waals surface area contributed by atoms with Gasteiger partial charge in [0.05, 0.1) is 6.20 Å². The van der Waals surface area contributed by atoms with E-state index in [9.17, 15) is 9.59 Å². The Balaban J connectivity index is 1.66. The van der Waals surface area contributed by atoms with Crippen molar-refractivity contribution in [2.24, 2.45) is 7.05 Å². The fourth-order valence-corrected chi connectivity index (χ4v) is 1.93. The van der Waals surface area contributed by atoms with Gasteiger partial charge >= 0.3 is 5.97 Å². The number of carbonyl (C=O) groups excluding carboxylic acids is 1. The maximum atomic E-state index is 11.9. The van der Waals surface area contributed by atoms with Crippen molar-refractivity contribution in [3.8, 4) is 11.3 Å². The standard InChI is InChI=1S/C16H13N3O4/c1-19-15(20)8-7-12(18-19)16(21)22-10-14-17-9-13(23-14)11-5-3-2-4-6-11/h2-9H,10H2,1H3. The number of hydrogen-bond acceptors (Lipinski definition) is 6. The number of esters is 1. The molecule has 7 heteroatoms.